The Morgan fingerprint density at radius 3 is 2.29 bits per heavy atom. The predicted molar refractivity (Wildman–Crippen MR) is 86.9 cm³/mol. The van der Waals surface area contributed by atoms with E-state index in [9.17, 15) is 9.18 Å². The second-order valence-electron chi connectivity index (χ2n) is 5.48. The molecule has 0 saturated heterocycles. The van der Waals surface area contributed by atoms with Gasteiger partial charge in [-0.3, -0.25) is 0 Å². The first-order valence-corrected chi connectivity index (χ1v) is 7.43. The summed E-state index contributed by atoms with van der Waals surface area (Å²) in [6, 6.07) is 11.4. The molecule has 2 aromatic carbocycles. The molecule has 5 nitrogen and oxygen atoms in total. The van der Waals surface area contributed by atoms with E-state index in [1.165, 1.54) is 16.8 Å². The lowest BCUT2D eigenvalue weighted by molar-refractivity contribution is 0.0719. The number of carbonyl (C=O) groups is 1. The fourth-order valence-corrected chi connectivity index (χ4v) is 2.40. The molecule has 24 heavy (non-hydrogen) atoms. The first-order valence-electron chi connectivity index (χ1n) is 7.43. The third kappa shape index (κ3) is 3.03. The highest BCUT2D eigenvalue weighted by atomic mass is 19.1. The molecule has 0 amide bonds. The number of aromatic nitrogens is 3. The van der Waals surface area contributed by atoms with Gasteiger partial charge in [-0.1, -0.05) is 18.2 Å². The third-order valence-corrected chi connectivity index (χ3v) is 3.63. The number of para-hydroxylation sites is 1. The van der Waals surface area contributed by atoms with Crippen molar-refractivity contribution in [3.8, 4) is 11.4 Å². The Hall–Kier alpha value is -3.02. The zero-order valence-electron chi connectivity index (χ0n) is 13.6. The average Bonchev–Trinajstić information content (AvgIpc) is 2.94. The topological polar surface area (TPSA) is 57.0 Å². The van der Waals surface area contributed by atoms with Gasteiger partial charge in [-0.2, -0.15) is 0 Å². The van der Waals surface area contributed by atoms with Crippen molar-refractivity contribution in [2.75, 3.05) is 0 Å². The van der Waals surface area contributed by atoms with Crippen LogP contribution in [0.2, 0.25) is 0 Å². The van der Waals surface area contributed by atoms with Gasteiger partial charge >= 0.3 is 5.97 Å². The minimum absolute atomic E-state index is 0.0421. The van der Waals surface area contributed by atoms with Gasteiger partial charge in [0, 0.05) is 0 Å². The Bertz CT molecular complexity index is 881. The highest BCUT2D eigenvalue weighted by Gasteiger charge is 2.19. The maximum atomic E-state index is 13.0. The van der Waals surface area contributed by atoms with Gasteiger partial charge in [-0.25, -0.2) is 18.9 Å². The lowest BCUT2D eigenvalue weighted by Crippen LogP contribution is -2.12. The molecule has 1 aromatic heterocycles. The van der Waals surface area contributed by atoms with Crippen LogP contribution in [0.1, 0.15) is 27.6 Å². The summed E-state index contributed by atoms with van der Waals surface area (Å²) < 4.78 is 20.0. The van der Waals surface area contributed by atoms with Crippen LogP contribution in [0, 0.1) is 26.6 Å². The molecule has 0 fully saturated rings. The molecule has 6 heteroatoms. The van der Waals surface area contributed by atoms with E-state index >= 15 is 0 Å². The Morgan fingerprint density at radius 1 is 1.04 bits per heavy atom. The van der Waals surface area contributed by atoms with Crippen molar-refractivity contribution >= 4 is 5.97 Å². The van der Waals surface area contributed by atoms with Crippen molar-refractivity contribution in [3.05, 3.63) is 71.1 Å². The Kier molecular flexibility index (Phi) is 4.12. The minimum atomic E-state index is -0.628. The largest absolute Gasteiger partial charge is 0.420 e. The monoisotopic (exact) mass is 325 g/mol. The molecule has 0 atom stereocenters. The molecule has 0 aliphatic carbocycles. The number of rotatable bonds is 3. The van der Waals surface area contributed by atoms with E-state index in [1.54, 1.807) is 19.1 Å². The SMILES string of the molecule is Cc1cccc(C)c1OC(=O)c1nc(C)n(-c2ccc(F)cc2)n1. The van der Waals surface area contributed by atoms with E-state index in [1.807, 2.05) is 32.0 Å². The van der Waals surface area contributed by atoms with E-state index < -0.39 is 5.97 Å². The van der Waals surface area contributed by atoms with E-state index in [4.69, 9.17) is 4.74 Å². The zero-order valence-corrected chi connectivity index (χ0v) is 13.6. The summed E-state index contributed by atoms with van der Waals surface area (Å²) in [5, 5.41) is 4.17. The molecule has 0 bridgehead atoms. The molecule has 0 unspecified atom stereocenters. The van der Waals surface area contributed by atoms with Gasteiger partial charge in [-0.15, -0.1) is 5.10 Å². The van der Waals surface area contributed by atoms with Crippen LogP contribution in [-0.4, -0.2) is 20.7 Å². The van der Waals surface area contributed by atoms with Crippen LogP contribution in [0.4, 0.5) is 4.39 Å². The Labute approximate surface area is 138 Å². The number of ether oxygens (including phenoxy) is 1. The van der Waals surface area contributed by atoms with Crippen LogP contribution in [0.3, 0.4) is 0 Å². The van der Waals surface area contributed by atoms with Crippen molar-refractivity contribution in [3.63, 3.8) is 0 Å². The molecule has 122 valence electrons. The number of aryl methyl sites for hydroxylation is 3. The van der Waals surface area contributed by atoms with Crippen LogP contribution < -0.4 is 4.74 Å². The normalized spacial score (nSPS) is 10.7. The summed E-state index contributed by atoms with van der Waals surface area (Å²) in [5.41, 5.74) is 2.34. The summed E-state index contributed by atoms with van der Waals surface area (Å²) >= 11 is 0. The smallest absolute Gasteiger partial charge is 0.383 e. The van der Waals surface area contributed by atoms with Crippen molar-refractivity contribution in [2.24, 2.45) is 0 Å². The second kappa shape index (κ2) is 6.23. The van der Waals surface area contributed by atoms with Gasteiger partial charge < -0.3 is 4.74 Å². The summed E-state index contributed by atoms with van der Waals surface area (Å²) in [5.74, 6) is 0.00960. The molecule has 3 aromatic rings. The lowest BCUT2D eigenvalue weighted by atomic mass is 10.1. The number of hydrogen-bond acceptors (Lipinski definition) is 4. The van der Waals surface area contributed by atoms with E-state index in [-0.39, 0.29) is 11.6 Å². The van der Waals surface area contributed by atoms with Gasteiger partial charge in [0.25, 0.3) is 5.82 Å². The fraction of sp³-hybridized carbons (Fsp3) is 0.167. The fourth-order valence-electron chi connectivity index (χ4n) is 2.40. The zero-order chi connectivity index (χ0) is 17.3. The van der Waals surface area contributed by atoms with Crippen LogP contribution in [0.5, 0.6) is 5.75 Å². The molecule has 0 aliphatic rings. The standard InChI is InChI=1S/C18H16FN3O2/c1-11-5-4-6-12(2)16(11)24-18(23)17-20-13(3)22(21-17)15-9-7-14(19)8-10-15/h4-10H,1-3H3. The first-order chi connectivity index (χ1) is 11.5. The number of halogens is 1. The number of esters is 1. The quantitative estimate of drug-likeness (QED) is 0.546. The number of hydrogen-bond donors (Lipinski definition) is 0. The molecule has 1 heterocycles. The highest BCUT2D eigenvalue weighted by Crippen LogP contribution is 2.23. The van der Waals surface area contributed by atoms with Crippen molar-refractivity contribution < 1.29 is 13.9 Å². The summed E-state index contributed by atoms with van der Waals surface area (Å²) in [6.07, 6.45) is 0. The van der Waals surface area contributed by atoms with Crippen molar-refractivity contribution in [1.82, 2.24) is 14.8 Å². The van der Waals surface area contributed by atoms with Crippen LogP contribution >= 0.6 is 0 Å². The molecular weight excluding hydrogens is 309 g/mol. The second-order valence-corrected chi connectivity index (χ2v) is 5.48. The molecule has 0 saturated carbocycles. The van der Waals surface area contributed by atoms with Gasteiger partial charge in [-0.05, 0) is 56.2 Å². The van der Waals surface area contributed by atoms with Crippen LogP contribution in [-0.2, 0) is 0 Å². The number of nitrogens with zero attached hydrogens (tertiary/aromatic N) is 3. The van der Waals surface area contributed by atoms with Crippen LogP contribution in [0.15, 0.2) is 42.5 Å². The predicted octanol–water partition coefficient (Wildman–Crippen LogP) is 3.55. The minimum Gasteiger partial charge on any atom is -0.420 e. The molecule has 0 aliphatic heterocycles. The van der Waals surface area contributed by atoms with E-state index in [2.05, 4.69) is 10.1 Å². The van der Waals surface area contributed by atoms with E-state index in [0.717, 1.165) is 11.1 Å². The van der Waals surface area contributed by atoms with Gasteiger partial charge in [0.1, 0.15) is 17.4 Å². The average molecular weight is 325 g/mol. The van der Waals surface area contributed by atoms with Crippen molar-refractivity contribution in [2.45, 2.75) is 20.8 Å². The highest BCUT2D eigenvalue weighted by molar-refractivity contribution is 5.87. The molecule has 3 rings (SSSR count). The number of carbonyl (C=O) groups excluding carboxylic acids is 1. The van der Waals surface area contributed by atoms with Gasteiger partial charge in [0.2, 0.25) is 0 Å². The maximum absolute atomic E-state index is 13.0. The number of benzene rings is 2. The summed E-state index contributed by atoms with van der Waals surface area (Å²) in [4.78, 5) is 16.5. The lowest BCUT2D eigenvalue weighted by Gasteiger charge is -2.08. The van der Waals surface area contributed by atoms with Crippen LogP contribution in [0.25, 0.3) is 5.69 Å². The molecule has 0 N–H and O–H groups in total. The van der Waals surface area contributed by atoms with Gasteiger partial charge in [0.05, 0.1) is 5.69 Å². The van der Waals surface area contributed by atoms with E-state index in [0.29, 0.717) is 17.3 Å². The molecule has 0 radical (unpaired) electrons. The molecule has 0 spiro atoms. The Morgan fingerprint density at radius 2 is 1.67 bits per heavy atom. The Balaban J connectivity index is 1.89. The molecular formula is C18H16FN3O2. The maximum Gasteiger partial charge on any atom is 0.383 e. The van der Waals surface area contributed by atoms with Gasteiger partial charge in [0.15, 0.2) is 0 Å². The van der Waals surface area contributed by atoms with Crippen molar-refractivity contribution in [1.29, 1.82) is 0 Å². The summed E-state index contributed by atoms with van der Waals surface area (Å²) in [6.45, 7) is 5.45. The summed E-state index contributed by atoms with van der Waals surface area (Å²) in [7, 11) is 0. The third-order valence-electron chi connectivity index (χ3n) is 3.63. The first kappa shape index (κ1) is 15.9.